The lowest BCUT2D eigenvalue weighted by Crippen LogP contribution is -2.46. The third-order valence-corrected chi connectivity index (χ3v) is 11.9. The normalized spacial score (nSPS) is 38.2. The van der Waals surface area contributed by atoms with Crippen molar-refractivity contribution in [2.24, 2.45) is 5.92 Å². The van der Waals surface area contributed by atoms with Gasteiger partial charge in [0.15, 0.2) is 35.3 Å². The van der Waals surface area contributed by atoms with Crippen LogP contribution in [0.1, 0.15) is 39.1 Å². The Morgan fingerprint density at radius 3 is 2.11 bits per heavy atom. The summed E-state index contributed by atoms with van der Waals surface area (Å²) in [7, 11) is 0. The molecule has 4 N–H and O–H groups in total. The number of aromatic nitrogens is 8. The first-order valence-electron chi connectivity index (χ1n) is 14.5. The monoisotopic (exact) mass is 732 g/mol. The molecule has 0 aliphatic carbocycles. The number of ether oxygens (including phenoxy) is 2. The van der Waals surface area contributed by atoms with Gasteiger partial charge in [-0.05, 0) is 12.8 Å². The lowest BCUT2D eigenvalue weighted by atomic mass is 9.87. The van der Waals surface area contributed by atoms with Crippen molar-refractivity contribution < 1.29 is 41.1 Å². The van der Waals surface area contributed by atoms with Gasteiger partial charge in [0.1, 0.15) is 53.8 Å². The number of nitrogens with zero attached hydrogens (tertiary/aromatic N) is 8. The molecule has 3 aliphatic rings. The molecule has 0 unspecified atom stereocenters. The smallest absolute Gasteiger partial charge is 0.382 e. The molecule has 7 rings (SSSR count). The minimum absolute atomic E-state index is 0.0821. The predicted molar refractivity (Wildman–Crippen MR) is 170 cm³/mol. The third-order valence-electron chi connectivity index (χ3n) is 8.66. The number of halogens is 1. The van der Waals surface area contributed by atoms with Gasteiger partial charge in [0.25, 0.3) is 0 Å². The molecule has 23 heteroatoms. The molecule has 0 radical (unpaired) electrons. The summed E-state index contributed by atoms with van der Waals surface area (Å²) in [5.74, 6) is -0.260. The van der Waals surface area contributed by atoms with Gasteiger partial charge in [-0.3, -0.25) is 27.2 Å². The van der Waals surface area contributed by atoms with E-state index in [1.807, 2.05) is 6.92 Å². The molecule has 3 fully saturated rings. The van der Waals surface area contributed by atoms with E-state index in [-0.39, 0.29) is 29.2 Å². The van der Waals surface area contributed by atoms with E-state index in [0.29, 0.717) is 17.6 Å². The zero-order valence-corrected chi connectivity index (χ0v) is 28.4. The van der Waals surface area contributed by atoms with Gasteiger partial charge >= 0.3 is 13.6 Å². The average Bonchev–Trinajstić information content (AvgIpc) is 3.79. The molecule has 0 amide bonds. The number of thiol groups is 2. The lowest BCUT2D eigenvalue weighted by molar-refractivity contribution is -0.123. The molecule has 3 saturated heterocycles. The fourth-order valence-electron chi connectivity index (χ4n) is 6.29. The number of hydrogen-bond donors (Lipinski definition) is 4. The first kappa shape index (κ1) is 33.1. The number of anilines is 2. The van der Waals surface area contributed by atoms with E-state index in [4.69, 9.17) is 39.0 Å². The largest absolute Gasteiger partial charge is 0.386 e. The first-order chi connectivity index (χ1) is 22.4. The Labute approximate surface area is 276 Å². The quantitative estimate of drug-likeness (QED) is 0.173. The van der Waals surface area contributed by atoms with Crippen molar-refractivity contribution in [3.63, 3.8) is 0 Å². The van der Waals surface area contributed by atoms with Gasteiger partial charge in [-0.1, -0.05) is 38.3 Å². The second-order valence-electron chi connectivity index (χ2n) is 11.3. The van der Waals surface area contributed by atoms with Gasteiger partial charge in [-0.15, -0.1) is 0 Å². The Bertz CT molecular complexity index is 1920. The summed E-state index contributed by atoms with van der Waals surface area (Å²) < 4.78 is 82.8. The number of nitrogens with two attached hydrogens (primary N) is 2. The molecule has 254 valence electrons. The molecule has 0 spiro atoms. The van der Waals surface area contributed by atoms with E-state index < -0.39 is 75.3 Å². The van der Waals surface area contributed by atoms with E-state index >= 15 is 4.39 Å². The number of rotatable bonds is 4. The van der Waals surface area contributed by atoms with Crippen LogP contribution >= 0.6 is 38.1 Å². The van der Waals surface area contributed by atoms with E-state index in [1.165, 1.54) is 29.9 Å². The summed E-state index contributed by atoms with van der Waals surface area (Å²) in [5.41, 5.74) is 11.7. The highest BCUT2D eigenvalue weighted by Crippen LogP contribution is 2.63. The standard InChI is InChI=1S/C24H31FN10O8P2S2/c1-3-11-17-24(4-2,41-22(11)34-9-32-14-18(26)28-7-30-20(14)34)6-39-45(37,47)42-16-13(25)12(5-38-44(36,46)43-17)40-23(16)35-10-33-15-19(27)29-8-31-21(15)35/h7-13,16-17,22-23H,3-6H2,1-2H3,(H,36,46)(H,37,47)(H2,26,28,30)(H2,27,29,31)/t11-,12-,13+,16-,17+,22-,23-,24-,44-,45-/m1/s1. The highest BCUT2D eigenvalue weighted by molar-refractivity contribution is 8.44. The molecule has 7 heterocycles. The molecule has 0 aromatic carbocycles. The van der Waals surface area contributed by atoms with Crippen LogP contribution < -0.4 is 11.5 Å². The SMILES string of the molecule is CC[C@H]1[C@H](n2cnc3c(N)ncnc32)O[C@]2(CC)CO[P@@](=O)(S)O[C@@H]3[C@@H](F)[C@@H](CO[P@@](=O)(S)O[C@@H]12)O[C@H]3n1cnc2c(N)ncnc21. The molecule has 4 aromatic rings. The van der Waals surface area contributed by atoms with Crippen LogP contribution in [-0.4, -0.2) is 82.3 Å². The summed E-state index contributed by atoms with van der Waals surface area (Å²) in [5, 5.41) is 0. The van der Waals surface area contributed by atoms with Crippen molar-refractivity contribution in [3.8, 4) is 0 Å². The molecule has 3 aliphatic heterocycles. The molecular formula is C24H31FN10O8P2S2. The van der Waals surface area contributed by atoms with Crippen LogP contribution in [0.25, 0.3) is 22.3 Å². The highest BCUT2D eigenvalue weighted by atomic mass is 32.7. The summed E-state index contributed by atoms with van der Waals surface area (Å²) in [4.78, 5) is 25.0. The average molecular weight is 733 g/mol. The number of hydrogen-bond acceptors (Lipinski definition) is 16. The lowest BCUT2D eigenvalue weighted by Gasteiger charge is -2.35. The van der Waals surface area contributed by atoms with Crippen LogP contribution in [-0.2, 0) is 36.7 Å². The molecular weight excluding hydrogens is 701 g/mol. The van der Waals surface area contributed by atoms with Crippen molar-refractivity contribution in [3.05, 3.63) is 25.3 Å². The minimum Gasteiger partial charge on any atom is -0.382 e. The maximum absolute atomic E-state index is 16.1. The van der Waals surface area contributed by atoms with Crippen LogP contribution in [0.5, 0.6) is 0 Å². The summed E-state index contributed by atoms with van der Waals surface area (Å²) >= 11 is 8.46. The number of imidazole rings is 2. The summed E-state index contributed by atoms with van der Waals surface area (Å²) in [6.07, 6.45) is -2.06. The van der Waals surface area contributed by atoms with Crippen molar-refractivity contribution in [1.29, 1.82) is 0 Å². The van der Waals surface area contributed by atoms with E-state index in [9.17, 15) is 9.13 Å². The van der Waals surface area contributed by atoms with Gasteiger partial charge in [-0.2, -0.15) is 0 Å². The van der Waals surface area contributed by atoms with Crippen molar-refractivity contribution >= 4 is 72.1 Å². The van der Waals surface area contributed by atoms with Crippen LogP contribution in [0.2, 0.25) is 0 Å². The molecule has 47 heavy (non-hydrogen) atoms. The number of alkyl halides is 1. The Morgan fingerprint density at radius 2 is 1.51 bits per heavy atom. The fraction of sp³-hybridized carbons (Fsp3) is 0.583. The van der Waals surface area contributed by atoms with Crippen LogP contribution in [0.4, 0.5) is 16.0 Å². The highest BCUT2D eigenvalue weighted by Gasteiger charge is 2.59. The second kappa shape index (κ2) is 12.2. The second-order valence-corrected chi connectivity index (χ2v) is 17.0. The first-order valence-corrected chi connectivity index (χ1v) is 19.9. The third kappa shape index (κ3) is 5.73. The maximum Gasteiger partial charge on any atom is 0.386 e. The van der Waals surface area contributed by atoms with Crippen LogP contribution in [0.15, 0.2) is 25.3 Å². The Hall–Kier alpha value is -2.45. The maximum atomic E-state index is 16.1. The topological polar surface area (TPSA) is 229 Å². The predicted octanol–water partition coefficient (Wildman–Crippen LogP) is 3.66. The van der Waals surface area contributed by atoms with Gasteiger partial charge in [-0.25, -0.2) is 43.4 Å². The van der Waals surface area contributed by atoms with Gasteiger partial charge in [0, 0.05) is 5.92 Å². The Kier molecular flexibility index (Phi) is 8.55. The van der Waals surface area contributed by atoms with E-state index in [1.54, 1.807) is 11.5 Å². The Balaban J connectivity index is 1.26. The summed E-state index contributed by atoms with van der Waals surface area (Å²) in [6, 6.07) is 0. The van der Waals surface area contributed by atoms with Crippen molar-refractivity contribution in [2.45, 2.75) is 69.2 Å². The number of fused-ring (bicyclic) bond motifs is 5. The van der Waals surface area contributed by atoms with E-state index in [0.717, 1.165) is 0 Å². The Morgan fingerprint density at radius 1 is 0.915 bits per heavy atom. The molecule has 4 aromatic heterocycles. The van der Waals surface area contributed by atoms with Gasteiger partial charge < -0.3 is 20.9 Å². The molecule has 18 nitrogen and oxygen atoms in total. The molecule has 2 bridgehead atoms. The molecule has 0 saturated carbocycles. The fourth-order valence-corrected chi connectivity index (χ4v) is 9.29. The van der Waals surface area contributed by atoms with Crippen molar-refractivity contribution in [2.75, 3.05) is 24.7 Å². The molecule has 10 atom stereocenters. The van der Waals surface area contributed by atoms with Crippen LogP contribution in [0.3, 0.4) is 0 Å². The zero-order valence-electron chi connectivity index (χ0n) is 24.8. The summed E-state index contributed by atoms with van der Waals surface area (Å²) in [6.45, 7) is -5.96. The minimum atomic E-state index is -4.37. The van der Waals surface area contributed by atoms with Crippen LogP contribution in [0, 0.1) is 5.92 Å². The van der Waals surface area contributed by atoms with Gasteiger partial charge in [0.2, 0.25) is 0 Å². The zero-order chi connectivity index (χ0) is 33.3. The van der Waals surface area contributed by atoms with E-state index in [2.05, 4.69) is 54.4 Å². The number of nitrogen functional groups attached to an aromatic ring is 2. The van der Waals surface area contributed by atoms with Gasteiger partial charge in [0.05, 0.1) is 25.9 Å². The van der Waals surface area contributed by atoms with Crippen molar-refractivity contribution in [1.82, 2.24) is 39.0 Å².